The van der Waals surface area contributed by atoms with E-state index in [-0.39, 0.29) is 112 Å². The van der Waals surface area contributed by atoms with Gasteiger partial charge in [0.25, 0.3) is 60.7 Å². The Kier molecular flexibility index (Phi) is 17.2. The summed E-state index contributed by atoms with van der Waals surface area (Å²) in [4.78, 5) is 4.81. The van der Waals surface area contributed by atoms with Crippen LogP contribution in [0.25, 0.3) is 37.7 Å². The van der Waals surface area contributed by atoms with E-state index in [2.05, 4.69) is 40.7 Å². The molecule has 0 spiro atoms. The molecular weight excluding hydrogens is 1280 g/mol. The molecule has 39 heteroatoms. The van der Waals surface area contributed by atoms with Gasteiger partial charge in [0.15, 0.2) is 11.3 Å². The van der Waals surface area contributed by atoms with E-state index in [0.29, 0.717) is 34.6 Å². The number of halogens is 1. The molecule has 0 amide bonds. The zero-order chi connectivity index (χ0) is 61.1. The first-order valence-corrected chi connectivity index (χ1v) is 33.9. The summed E-state index contributed by atoms with van der Waals surface area (Å²) in [6.07, 6.45) is -0.308. The zero-order valence-electron chi connectivity index (χ0n) is 42.0. The van der Waals surface area contributed by atoms with E-state index in [0.717, 1.165) is 34.4 Å². The predicted octanol–water partition coefficient (Wildman–Crippen LogP) is 9.67. The molecule has 0 fully saturated rings. The lowest BCUT2D eigenvalue weighted by Gasteiger charge is -2.12. The molecule has 7 N–H and O–H groups in total. The maximum atomic E-state index is 12.6. The summed E-state index contributed by atoms with van der Waals surface area (Å²) in [7, 11) is -29.4. The SMILES string of the molecule is Cc1cc(N=Nc2cc(OCCCS(=O)(=O)O)c(N=Nc3c(C)c(C#N)c4nc5c(S(=O)(=O)O)ccc(Cl)c5n4c3O)cc2C)c(SCCCS(=O)(=O)O)cc1N=Nc1nc2c(S(=O)(=O)O)cc3c(S(=O)(=O)O)cc(S(=O)(=O)O)cc3c2s1. The van der Waals surface area contributed by atoms with Gasteiger partial charge in [0.1, 0.15) is 48.8 Å². The number of aryl methyl sites for hydroxylation is 2. The van der Waals surface area contributed by atoms with Gasteiger partial charge in [0.2, 0.25) is 11.0 Å². The number of nitrogens with zero attached hydrogens (tertiary/aromatic N) is 10. The topological polar surface area (TPSA) is 484 Å². The molecule has 5 aromatic carbocycles. The highest BCUT2D eigenvalue weighted by Crippen LogP contribution is 2.46. The zero-order valence-corrected chi connectivity index (χ0v) is 49.3. The Bertz CT molecular complexity index is 4950. The van der Waals surface area contributed by atoms with Gasteiger partial charge in [-0.05, 0) is 99.0 Å². The van der Waals surface area contributed by atoms with Crippen molar-refractivity contribution in [3.8, 4) is 17.7 Å². The number of azo groups is 3. The van der Waals surface area contributed by atoms with Crippen molar-refractivity contribution in [1.82, 2.24) is 14.4 Å². The molecule has 438 valence electrons. The number of rotatable bonds is 20. The number of hydrogen-bond donors (Lipinski definition) is 7. The van der Waals surface area contributed by atoms with Crippen molar-refractivity contribution >= 4 is 167 Å². The average Bonchev–Trinajstić information content (AvgIpc) is 2.35. The Balaban J connectivity index is 1.21. The van der Waals surface area contributed by atoms with Gasteiger partial charge in [-0.1, -0.05) is 22.9 Å². The van der Waals surface area contributed by atoms with E-state index in [4.69, 9.17) is 16.3 Å². The molecule has 0 aliphatic heterocycles. The Labute approximate surface area is 482 Å². The molecule has 0 unspecified atom stereocenters. The van der Waals surface area contributed by atoms with Gasteiger partial charge >= 0.3 is 0 Å². The number of pyridine rings is 1. The second-order valence-corrected chi connectivity index (χ2v) is 28.8. The minimum atomic E-state index is -5.32. The highest BCUT2D eigenvalue weighted by molar-refractivity contribution is 7.99. The van der Waals surface area contributed by atoms with E-state index in [1.165, 1.54) is 31.2 Å². The Hall–Kier alpha value is -6.81. The van der Waals surface area contributed by atoms with Crippen LogP contribution in [0, 0.1) is 32.1 Å². The second-order valence-electron chi connectivity index (χ2n) is 17.6. The predicted molar refractivity (Wildman–Crippen MR) is 298 cm³/mol. The molecule has 3 heterocycles. The lowest BCUT2D eigenvalue weighted by molar-refractivity contribution is 0.317. The van der Waals surface area contributed by atoms with Crippen molar-refractivity contribution in [2.75, 3.05) is 23.9 Å². The van der Waals surface area contributed by atoms with Crippen LogP contribution in [0.4, 0.5) is 33.6 Å². The molecule has 0 saturated heterocycles. The molecule has 0 aliphatic carbocycles. The number of thiazole rings is 1. The average molecular weight is 1320 g/mol. The number of benzene rings is 5. The van der Waals surface area contributed by atoms with Crippen molar-refractivity contribution in [3.63, 3.8) is 0 Å². The summed E-state index contributed by atoms with van der Waals surface area (Å²) in [5.41, 5.74) is -1.01. The molecule has 3 aromatic heterocycles. The molecule has 0 bridgehead atoms. The summed E-state index contributed by atoms with van der Waals surface area (Å²) in [6.45, 7) is 4.16. The lowest BCUT2D eigenvalue weighted by Crippen LogP contribution is -2.08. The van der Waals surface area contributed by atoms with Crippen LogP contribution in [-0.2, 0) is 60.7 Å². The molecule has 0 saturated carbocycles. The third kappa shape index (κ3) is 13.7. The van der Waals surface area contributed by atoms with Crippen LogP contribution in [0.2, 0.25) is 5.02 Å². The lowest BCUT2D eigenvalue weighted by atomic mass is 10.1. The fraction of sp³-hybridized carbons (Fsp3) is 0.205. The maximum Gasteiger partial charge on any atom is 0.296 e. The van der Waals surface area contributed by atoms with Gasteiger partial charge < -0.3 is 9.84 Å². The molecular formula is C44H37ClN10O20S8. The number of aromatic hydroxyl groups is 1. The Morgan fingerprint density at radius 1 is 0.651 bits per heavy atom. The van der Waals surface area contributed by atoms with Crippen molar-refractivity contribution in [3.05, 3.63) is 81.9 Å². The summed E-state index contributed by atoms with van der Waals surface area (Å²) in [5.74, 6) is -2.12. The summed E-state index contributed by atoms with van der Waals surface area (Å²) in [5, 5.41) is 46.1. The molecule has 8 aromatic rings. The number of fused-ring (bicyclic) bond motifs is 6. The molecule has 0 atom stereocenters. The van der Waals surface area contributed by atoms with E-state index in [9.17, 15) is 88.2 Å². The Morgan fingerprint density at radius 3 is 1.86 bits per heavy atom. The molecule has 83 heavy (non-hydrogen) atoms. The van der Waals surface area contributed by atoms with Gasteiger partial charge in [-0.3, -0.25) is 31.7 Å². The number of aromatic nitrogens is 3. The van der Waals surface area contributed by atoms with E-state index >= 15 is 0 Å². The van der Waals surface area contributed by atoms with Crippen LogP contribution < -0.4 is 4.74 Å². The first-order valence-electron chi connectivity index (χ1n) is 22.7. The fourth-order valence-electron chi connectivity index (χ4n) is 7.99. The first kappa shape index (κ1) is 62.2. The Morgan fingerprint density at radius 2 is 1.24 bits per heavy atom. The molecule has 0 aliphatic rings. The number of thioether (sulfide) groups is 1. The van der Waals surface area contributed by atoms with E-state index in [1.54, 1.807) is 13.8 Å². The quantitative estimate of drug-likeness (QED) is 0.0161. The fourth-order valence-corrected chi connectivity index (χ4v) is 14.0. The van der Waals surface area contributed by atoms with Crippen LogP contribution in [0.5, 0.6) is 11.6 Å². The normalized spacial score (nSPS) is 13.3. The minimum Gasteiger partial charge on any atom is -0.493 e. The van der Waals surface area contributed by atoms with Crippen LogP contribution in [0.1, 0.15) is 35.1 Å². The van der Waals surface area contributed by atoms with Crippen molar-refractivity contribution < 1.29 is 87.7 Å². The van der Waals surface area contributed by atoms with Crippen LogP contribution >= 0.6 is 34.7 Å². The van der Waals surface area contributed by atoms with E-state index < -0.39 is 109 Å². The largest absolute Gasteiger partial charge is 0.493 e. The van der Waals surface area contributed by atoms with E-state index in [1.807, 2.05) is 6.07 Å². The standard InChI is InChI=1S/C44H37ClN10O20S8/c1-20-12-30(51-53-37-22(3)26(19-46)42-47-38-34(81(66,67)68)7-6-27(45)40(38)55(42)43(37)56)32(75-8-4-10-78(57,58)59)17-28(20)49-52-31-13-21(2)29(18-33(31)76-9-5-11-79(60,61)62)50-54-44-48-39-36(83(72,73)74)16-24-25(41(39)77-44)14-23(80(63,64)65)15-35(24)82(69,70)71/h6-7,12-18,56H,4-5,8-11H2,1-3H3,(H,57,58,59)(H,60,61,62)(H,63,64,65)(H,66,67,68)(H,69,70,71)(H,72,73,74). The van der Waals surface area contributed by atoms with Crippen LogP contribution in [0.3, 0.4) is 0 Å². The monoisotopic (exact) mass is 1320 g/mol. The second kappa shape index (κ2) is 23.0. The van der Waals surface area contributed by atoms with Gasteiger partial charge in [-0.25, -0.2) is 9.97 Å². The maximum absolute atomic E-state index is 12.6. The highest BCUT2D eigenvalue weighted by Gasteiger charge is 2.29. The van der Waals surface area contributed by atoms with Gasteiger partial charge in [0.05, 0.1) is 55.3 Å². The van der Waals surface area contributed by atoms with Crippen LogP contribution in [-0.4, -0.2) is 121 Å². The van der Waals surface area contributed by atoms with Gasteiger partial charge in [-0.15, -0.1) is 37.3 Å². The molecule has 0 radical (unpaired) electrons. The molecule has 8 rings (SSSR count). The van der Waals surface area contributed by atoms with Crippen molar-refractivity contribution in [2.45, 2.75) is 58.1 Å². The van der Waals surface area contributed by atoms with Crippen LogP contribution in [0.15, 0.2) is 110 Å². The number of ether oxygens (including phenoxy) is 1. The summed E-state index contributed by atoms with van der Waals surface area (Å²) < 4.78 is 210. The molecule has 30 nitrogen and oxygen atoms in total. The third-order valence-electron chi connectivity index (χ3n) is 11.8. The number of imidazole rings is 1. The first-order chi connectivity index (χ1) is 38.4. The van der Waals surface area contributed by atoms with Crippen molar-refractivity contribution in [1.29, 1.82) is 5.26 Å². The summed E-state index contributed by atoms with van der Waals surface area (Å²) in [6, 6.07) is 11.5. The van der Waals surface area contributed by atoms with Gasteiger partial charge in [0, 0.05) is 27.3 Å². The minimum absolute atomic E-state index is 0.00587. The smallest absolute Gasteiger partial charge is 0.296 e. The highest BCUT2D eigenvalue weighted by atomic mass is 35.5. The number of hydrogen-bond acceptors (Lipinski definition) is 25. The van der Waals surface area contributed by atoms with Crippen molar-refractivity contribution in [2.24, 2.45) is 30.7 Å². The third-order valence-corrected chi connectivity index (χ3v) is 19.2. The van der Waals surface area contributed by atoms with Gasteiger partial charge in [-0.2, -0.15) is 60.9 Å². The number of nitriles is 1. The summed E-state index contributed by atoms with van der Waals surface area (Å²) >= 11 is 8.01.